The minimum absolute atomic E-state index is 0.155. The van der Waals surface area contributed by atoms with E-state index in [-0.39, 0.29) is 5.82 Å². The third-order valence-electron chi connectivity index (χ3n) is 2.49. The first-order chi connectivity index (χ1) is 5.81. The van der Waals surface area contributed by atoms with Gasteiger partial charge in [-0.05, 0) is 24.1 Å². The fraction of sp³-hybridized carbons (Fsp3) is 0.400. The number of hydrogen-bond acceptors (Lipinski definition) is 1. The molecule has 0 aromatic heterocycles. The van der Waals surface area contributed by atoms with Gasteiger partial charge in [0, 0.05) is 18.2 Å². The van der Waals surface area contributed by atoms with E-state index < -0.39 is 0 Å². The molecule has 1 atom stereocenters. The highest BCUT2D eigenvalue weighted by molar-refractivity contribution is 5.57. The van der Waals surface area contributed by atoms with Crippen LogP contribution in [0.1, 0.15) is 24.8 Å². The Balaban J connectivity index is 2.40. The second-order valence-corrected chi connectivity index (χ2v) is 3.22. The van der Waals surface area contributed by atoms with Gasteiger partial charge in [0.25, 0.3) is 0 Å². The summed E-state index contributed by atoms with van der Waals surface area (Å²) >= 11 is 0. The summed E-state index contributed by atoms with van der Waals surface area (Å²) in [6.45, 7) is 3.11. The number of rotatable bonds is 1. The third-order valence-corrected chi connectivity index (χ3v) is 2.49. The molecule has 1 heterocycles. The van der Waals surface area contributed by atoms with Crippen molar-refractivity contribution in [2.24, 2.45) is 0 Å². The lowest BCUT2D eigenvalue weighted by molar-refractivity contribution is 0.627. The van der Waals surface area contributed by atoms with Crippen molar-refractivity contribution < 1.29 is 4.39 Å². The summed E-state index contributed by atoms with van der Waals surface area (Å²) in [7, 11) is 0. The molecular formula is C10H12FN. The van der Waals surface area contributed by atoms with Crippen LogP contribution in [0.15, 0.2) is 18.2 Å². The van der Waals surface area contributed by atoms with Crippen molar-refractivity contribution in [2.45, 2.75) is 19.3 Å². The highest BCUT2D eigenvalue weighted by Crippen LogP contribution is 2.33. The maximum Gasteiger partial charge on any atom is 0.125 e. The van der Waals surface area contributed by atoms with Gasteiger partial charge in [-0.3, -0.25) is 0 Å². The van der Waals surface area contributed by atoms with Gasteiger partial charge in [0.15, 0.2) is 0 Å². The van der Waals surface area contributed by atoms with Gasteiger partial charge in [0.2, 0.25) is 0 Å². The van der Waals surface area contributed by atoms with Crippen LogP contribution in [-0.4, -0.2) is 6.54 Å². The zero-order valence-corrected chi connectivity index (χ0v) is 7.10. The molecule has 1 nitrogen and oxygen atoms in total. The number of hydrogen-bond donors (Lipinski definition) is 1. The van der Waals surface area contributed by atoms with Gasteiger partial charge in [0.05, 0.1) is 0 Å². The van der Waals surface area contributed by atoms with Gasteiger partial charge in [0.1, 0.15) is 5.82 Å². The van der Waals surface area contributed by atoms with E-state index in [1.807, 2.05) is 6.07 Å². The Hall–Kier alpha value is -1.05. The Morgan fingerprint density at radius 1 is 1.58 bits per heavy atom. The van der Waals surface area contributed by atoms with Gasteiger partial charge in [-0.1, -0.05) is 13.0 Å². The molecule has 0 saturated heterocycles. The van der Waals surface area contributed by atoms with Crippen LogP contribution in [0, 0.1) is 5.82 Å². The minimum Gasteiger partial charge on any atom is -0.384 e. The van der Waals surface area contributed by atoms with Crippen LogP contribution >= 0.6 is 0 Å². The quantitative estimate of drug-likeness (QED) is 0.674. The van der Waals surface area contributed by atoms with E-state index in [1.54, 1.807) is 6.07 Å². The maximum absolute atomic E-state index is 12.8. The average molecular weight is 165 g/mol. The van der Waals surface area contributed by atoms with Gasteiger partial charge < -0.3 is 5.32 Å². The van der Waals surface area contributed by atoms with Crippen LogP contribution < -0.4 is 5.32 Å². The minimum atomic E-state index is -0.155. The van der Waals surface area contributed by atoms with Crippen LogP contribution in [0.2, 0.25) is 0 Å². The van der Waals surface area contributed by atoms with E-state index in [9.17, 15) is 4.39 Å². The normalized spacial score (nSPS) is 20.3. The highest BCUT2D eigenvalue weighted by atomic mass is 19.1. The smallest absolute Gasteiger partial charge is 0.125 e. The predicted molar refractivity (Wildman–Crippen MR) is 47.9 cm³/mol. The van der Waals surface area contributed by atoms with Crippen LogP contribution in [0.25, 0.3) is 0 Å². The van der Waals surface area contributed by atoms with Gasteiger partial charge in [-0.2, -0.15) is 0 Å². The molecule has 0 fully saturated rings. The maximum atomic E-state index is 12.8. The summed E-state index contributed by atoms with van der Waals surface area (Å²) in [6, 6.07) is 5.00. The van der Waals surface area contributed by atoms with Crippen molar-refractivity contribution in [3.05, 3.63) is 29.6 Å². The van der Waals surface area contributed by atoms with Crippen molar-refractivity contribution in [3.8, 4) is 0 Å². The average Bonchev–Trinajstić information content (AvgIpc) is 2.46. The summed E-state index contributed by atoms with van der Waals surface area (Å²) in [4.78, 5) is 0. The van der Waals surface area contributed by atoms with E-state index in [4.69, 9.17) is 0 Å². The first-order valence-electron chi connectivity index (χ1n) is 4.34. The summed E-state index contributed by atoms with van der Waals surface area (Å²) < 4.78 is 12.8. The summed E-state index contributed by atoms with van der Waals surface area (Å²) in [5.41, 5.74) is 2.24. The summed E-state index contributed by atoms with van der Waals surface area (Å²) in [5.74, 6) is 0.415. The number of anilines is 1. The molecule has 0 radical (unpaired) electrons. The van der Waals surface area contributed by atoms with E-state index in [1.165, 1.54) is 11.6 Å². The Morgan fingerprint density at radius 3 is 3.17 bits per heavy atom. The second kappa shape index (κ2) is 2.77. The second-order valence-electron chi connectivity index (χ2n) is 3.22. The molecule has 0 bridgehead atoms. The molecule has 0 saturated carbocycles. The Kier molecular flexibility index (Phi) is 1.75. The van der Waals surface area contributed by atoms with E-state index >= 15 is 0 Å². The molecular weight excluding hydrogens is 153 g/mol. The number of fused-ring (bicyclic) bond motifs is 1. The van der Waals surface area contributed by atoms with E-state index in [0.717, 1.165) is 18.7 Å². The van der Waals surface area contributed by atoms with Crippen LogP contribution in [-0.2, 0) is 0 Å². The lowest BCUT2D eigenvalue weighted by atomic mass is 9.99. The zero-order valence-electron chi connectivity index (χ0n) is 7.10. The Morgan fingerprint density at radius 2 is 2.42 bits per heavy atom. The summed E-state index contributed by atoms with van der Waals surface area (Å²) in [6.07, 6.45) is 1.12. The molecule has 1 aliphatic heterocycles. The predicted octanol–water partition coefficient (Wildman–Crippen LogP) is 2.74. The first-order valence-corrected chi connectivity index (χ1v) is 4.34. The Labute approximate surface area is 71.6 Å². The molecule has 1 N–H and O–H groups in total. The lowest BCUT2D eigenvalue weighted by Crippen LogP contribution is -1.99. The molecule has 0 amide bonds. The molecule has 2 rings (SSSR count). The van der Waals surface area contributed by atoms with Crippen LogP contribution in [0.5, 0.6) is 0 Å². The van der Waals surface area contributed by atoms with Crippen molar-refractivity contribution in [3.63, 3.8) is 0 Å². The van der Waals surface area contributed by atoms with Crippen LogP contribution in [0.3, 0.4) is 0 Å². The third kappa shape index (κ3) is 1.07. The van der Waals surface area contributed by atoms with Crippen molar-refractivity contribution in [1.82, 2.24) is 0 Å². The monoisotopic (exact) mass is 165 g/mol. The zero-order chi connectivity index (χ0) is 8.55. The van der Waals surface area contributed by atoms with Gasteiger partial charge >= 0.3 is 0 Å². The van der Waals surface area contributed by atoms with Crippen molar-refractivity contribution >= 4 is 5.69 Å². The molecule has 1 aliphatic rings. The largest absolute Gasteiger partial charge is 0.384 e. The first kappa shape index (κ1) is 7.59. The molecule has 64 valence electrons. The van der Waals surface area contributed by atoms with Gasteiger partial charge in [-0.25, -0.2) is 4.39 Å². The molecule has 0 aliphatic carbocycles. The molecule has 1 aromatic rings. The lowest BCUT2D eigenvalue weighted by Gasteiger charge is -2.04. The molecule has 1 aromatic carbocycles. The SMILES string of the molecule is CCC1CNc2cc(F)ccc21. The topological polar surface area (TPSA) is 12.0 Å². The number of benzene rings is 1. The Bertz CT molecular complexity index is 296. The van der Waals surface area contributed by atoms with Crippen LogP contribution in [0.4, 0.5) is 10.1 Å². The molecule has 2 heteroatoms. The summed E-state index contributed by atoms with van der Waals surface area (Å²) in [5, 5.41) is 3.20. The number of halogens is 1. The van der Waals surface area contributed by atoms with E-state index in [0.29, 0.717) is 5.92 Å². The highest BCUT2D eigenvalue weighted by Gasteiger charge is 2.20. The molecule has 1 unspecified atom stereocenters. The van der Waals surface area contributed by atoms with Crippen molar-refractivity contribution in [1.29, 1.82) is 0 Å². The fourth-order valence-electron chi connectivity index (χ4n) is 1.74. The van der Waals surface area contributed by atoms with Gasteiger partial charge in [-0.15, -0.1) is 0 Å². The molecule has 0 spiro atoms. The standard InChI is InChI=1S/C10H12FN/c1-2-7-6-12-10-5-8(11)3-4-9(7)10/h3-5,7,12H,2,6H2,1H3. The fourth-order valence-corrected chi connectivity index (χ4v) is 1.74. The number of nitrogens with one attached hydrogen (secondary N) is 1. The van der Waals surface area contributed by atoms with Crippen molar-refractivity contribution in [2.75, 3.05) is 11.9 Å². The molecule has 12 heavy (non-hydrogen) atoms. The van der Waals surface area contributed by atoms with E-state index in [2.05, 4.69) is 12.2 Å².